The molecule has 0 amide bonds. The van der Waals surface area contributed by atoms with Crippen LogP contribution in [0.5, 0.6) is 11.5 Å². The van der Waals surface area contributed by atoms with Crippen molar-refractivity contribution >= 4 is 27.6 Å². The molecule has 0 aliphatic carbocycles. The van der Waals surface area contributed by atoms with Crippen molar-refractivity contribution in [1.29, 1.82) is 0 Å². The number of sulfonamides is 1. The van der Waals surface area contributed by atoms with E-state index in [-0.39, 0.29) is 29.4 Å². The zero-order chi connectivity index (χ0) is 25.1. The number of benzene rings is 2. The number of hydrogen-bond acceptors (Lipinski definition) is 8. The van der Waals surface area contributed by atoms with E-state index in [1.54, 1.807) is 32.0 Å². The average molecular weight is 493 g/mol. The highest BCUT2D eigenvalue weighted by atomic mass is 32.2. The van der Waals surface area contributed by atoms with E-state index >= 15 is 0 Å². The molecular formula is C23H32N4O6S. The Morgan fingerprint density at radius 1 is 1.03 bits per heavy atom. The summed E-state index contributed by atoms with van der Waals surface area (Å²) in [7, 11) is -3.97. The van der Waals surface area contributed by atoms with Gasteiger partial charge < -0.3 is 9.47 Å². The van der Waals surface area contributed by atoms with Crippen LogP contribution < -0.4 is 14.9 Å². The van der Waals surface area contributed by atoms with Crippen molar-refractivity contribution in [3.8, 4) is 11.5 Å². The average Bonchev–Trinajstić information content (AvgIpc) is 2.82. The van der Waals surface area contributed by atoms with Crippen molar-refractivity contribution in [2.75, 3.05) is 31.7 Å². The van der Waals surface area contributed by atoms with Crippen molar-refractivity contribution in [2.24, 2.45) is 5.10 Å². The maximum atomic E-state index is 13.1. The van der Waals surface area contributed by atoms with Crippen LogP contribution in [0.25, 0.3) is 0 Å². The summed E-state index contributed by atoms with van der Waals surface area (Å²) in [5.74, 6) is 1.27. The number of nitrogens with zero attached hydrogens (tertiary/aromatic N) is 3. The highest BCUT2D eigenvalue weighted by molar-refractivity contribution is 7.89. The van der Waals surface area contributed by atoms with E-state index < -0.39 is 14.9 Å². The summed E-state index contributed by atoms with van der Waals surface area (Å²) in [6, 6.07) is 9.00. The van der Waals surface area contributed by atoms with Crippen LogP contribution in [-0.2, 0) is 10.0 Å². The molecule has 0 atom stereocenters. The van der Waals surface area contributed by atoms with E-state index in [0.29, 0.717) is 30.3 Å². The van der Waals surface area contributed by atoms with Gasteiger partial charge in [-0.15, -0.1) is 0 Å². The second kappa shape index (κ2) is 12.9. The Hall–Kier alpha value is -3.18. The number of rotatable bonds is 14. The van der Waals surface area contributed by atoms with E-state index in [4.69, 9.17) is 9.47 Å². The molecule has 2 aromatic rings. The standard InChI is InChI=1S/C23H32N4O6S/c1-5-13-32-20-11-9-18(22(16-20)33-14-6-2)17-24-25-21-12-10-19(27(28)29)15-23(21)34(30,31)26(7-3)8-4/h9-12,15-17,25H,5-8,13-14H2,1-4H3/b24-17-. The second-order valence-electron chi connectivity index (χ2n) is 7.29. The number of hydrogen-bond donors (Lipinski definition) is 1. The third-order valence-corrected chi connectivity index (χ3v) is 6.90. The summed E-state index contributed by atoms with van der Waals surface area (Å²) in [5, 5.41) is 15.4. The number of anilines is 1. The molecule has 10 nitrogen and oxygen atoms in total. The Labute approximate surface area is 200 Å². The van der Waals surface area contributed by atoms with Crippen molar-refractivity contribution in [1.82, 2.24) is 4.31 Å². The van der Waals surface area contributed by atoms with Gasteiger partial charge in [0.25, 0.3) is 5.69 Å². The van der Waals surface area contributed by atoms with E-state index in [2.05, 4.69) is 10.5 Å². The molecule has 0 saturated heterocycles. The number of nitrogens with one attached hydrogen (secondary N) is 1. The van der Waals surface area contributed by atoms with Crippen LogP contribution in [0.4, 0.5) is 11.4 Å². The molecule has 11 heteroatoms. The molecular weight excluding hydrogens is 460 g/mol. The molecule has 34 heavy (non-hydrogen) atoms. The maximum absolute atomic E-state index is 13.1. The Morgan fingerprint density at radius 3 is 2.32 bits per heavy atom. The summed E-state index contributed by atoms with van der Waals surface area (Å²) in [5.41, 5.74) is 3.20. The highest BCUT2D eigenvalue weighted by Gasteiger charge is 2.27. The Balaban J connectivity index is 2.39. The van der Waals surface area contributed by atoms with Crippen molar-refractivity contribution in [3.63, 3.8) is 0 Å². The molecule has 0 unspecified atom stereocenters. The molecule has 0 aromatic heterocycles. The number of ether oxygens (including phenoxy) is 2. The predicted molar refractivity (Wildman–Crippen MR) is 132 cm³/mol. The molecule has 2 rings (SSSR count). The first-order valence-corrected chi connectivity index (χ1v) is 12.7. The summed E-state index contributed by atoms with van der Waals surface area (Å²) in [4.78, 5) is 10.4. The van der Waals surface area contributed by atoms with Crippen molar-refractivity contribution in [2.45, 2.75) is 45.4 Å². The fourth-order valence-electron chi connectivity index (χ4n) is 3.07. The number of nitro groups is 1. The molecule has 1 N–H and O–H groups in total. The van der Waals surface area contributed by atoms with Gasteiger partial charge in [0.15, 0.2) is 0 Å². The fourth-order valence-corrected chi connectivity index (χ4v) is 4.69. The zero-order valence-electron chi connectivity index (χ0n) is 20.0. The minimum absolute atomic E-state index is 0.132. The number of hydrazone groups is 1. The molecule has 0 aliphatic rings. The Kier molecular flexibility index (Phi) is 10.3. The van der Waals surface area contributed by atoms with Gasteiger partial charge in [0.2, 0.25) is 10.0 Å². The Bertz CT molecular complexity index is 1100. The first-order chi connectivity index (χ1) is 16.3. The van der Waals surface area contributed by atoms with E-state index in [1.807, 2.05) is 13.8 Å². The first-order valence-electron chi connectivity index (χ1n) is 11.3. The second-order valence-corrected chi connectivity index (χ2v) is 9.20. The summed E-state index contributed by atoms with van der Waals surface area (Å²) in [6.45, 7) is 8.99. The third-order valence-electron chi connectivity index (χ3n) is 4.81. The van der Waals surface area contributed by atoms with Crippen molar-refractivity contribution < 1.29 is 22.8 Å². The largest absolute Gasteiger partial charge is 0.493 e. The SMILES string of the molecule is CCCOc1ccc(/C=N\Nc2ccc([N+](=O)[O-])cc2S(=O)(=O)N(CC)CC)c(OCCC)c1. The van der Waals surface area contributed by atoms with Crippen LogP contribution in [0.2, 0.25) is 0 Å². The van der Waals surface area contributed by atoms with Gasteiger partial charge in [-0.2, -0.15) is 9.41 Å². The van der Waals surface area contributed by atoms with Gasteiger partial charge in [-0.05, 0) is 31.0 Å². The van der Waals surface area contributed by atoms with Crippen LogP contribution >= 0.6 is 0 Å². The van der Waals surface area contributed by atoms with Gasteiger partial charge in [-0.1, -0.05) is 27.7 Å². The normalized spacial score (nSPS) is 11.7. The predicted octanol–water partition coefficient (Wildman–Crippen LogP) is 4.65. The van der Waals surface area contributed by atoms with Gasteiger partial charge in [0, 0.05) is 36.9 Å². The molecule has 0 radical (unpaired) electrons. The fraction of sp³-hybridized carbons (Fsp3) is 0.435. The molecule has 0 fully saturated rings. The van der Waals surface area contributed by atoms with Gasteiger partial charge >= 0.3 is 0 Å². The number of nitro benzene ring substituents is 1. The minimum atomic E-state index is -3.97. The minimum Gasteiger partial charge on any atom is -0.493 e. The van der Waals surface area contributed by atoms with Gasteiger partial charge in [0.1, 0.15) is 16.4 Å². The van der Waals surface area contributed by atoms with Crippen LogP contribution in [0.1, 0.15) is 46.1 Å². The van der Waals surface area contributed by atoms with Crippen LogP contribution in [0.15, 0.2) is 46.4 Å². The maximum Gasteiger partial charge on any atom is 0.270 e. The monoisotopic (exact) mass is 492 g/mol. The van der Waals surface area contributed by atoms with E-state index in [1.165, 1.54) is 22.7 Å². The molecule has 2 aromatic carbocycles. The lowest BCUT2D eigenvalue weighted by Crippen LogP contribution is -2.31. The highest BCUT2D eigenvalue weighted by Crippen LogP contribution is 2.29. The quantitative estimate of drug-likeness (QED) is 0.231. The molecule has 0 spiro atoms. The van der Waals surface area contributed by atoms with Crippen LogP contribution in [-0.4, -0.2) is 50.2 Å². The number of non-ortho nitro benzene ring substituents is 1. The van der Waals surface area contributed by atoms with E-state index in [9.17, 15) is 18.5 Å². The van der Waals surface area contributed by atoms with Gasteiger partial charge in [-0.3, -0.25) is 15.5 Å². The summed E-state index contributed by atoms with van der Waals surface area (Å²) in [6.07, 6.45) is 3.21. The van der Waals surface area contributed by atoms with Gasteiger partial charge in [0.05, 0.1) is 30.0 Å². The molecule has 0 bridgehead atoms. The Morgan fingerprint density at radius 2 is 1.71 bits per heavy atom. The third kappa shape index (κ3) is 6.91. The van der Waals surface area contributed by atoms with Gasteiger partial charge in [-0.25, -0.2) is 8.42 Å². The van der Waals surface area contributed by atoms with Crippen molar-refractivity contribution in [3.05, 3.63) is 52.1 Å². The van der Waals surface area contributed by atoms with Crippen LogP contribution in [0.3, 0.4) is 0 Å². The van der Waals surface area contributed by atoms with Crippen LogP contribution in [0, 0.1) is 10.1 Å². The summed E-state index contributed by atoms with van der Waals surface area (Å²) >= 11 is 0. The molecule has 0 saturated carbocycles. The molecule has 0 aliphatic heterocycles. The first kappa shape index (κ1) is 27.1. The van der Waals surface area contributed by atoms with E-state index in [0.717, 1.165) is 18.9 Å². The lowest BCUT2D eigenvalue weighted by atomic mass is 10.2. The smallest absolute Gasteiger partial charge is 0.270 e. The molecule has 0 heterocycles. The topological polar surface area (TPSA) is 123 Å². The molecule has 186 valence electrons. The summed E-state index contributed by atoms with van der Waals surface area (Å²) < 4.78 is 38.9. The lowest BCUT2D eigenvalue weighted by Gasteiger charge is -2.20. The zero-order valence-corrected chi connectivity index (χ0v) is 20.8. The lowest BCUT2D eigenvalue weighted by molar-refractivity contribution is -0.385.